The molecule has 0 bridgehead atoms. The predicted octanol–water partition coefficient (Wildman–Crippen LogP) is 2.86. The van der Waals surface area contributed by atoms with Crippen molar-refractivity contribution in [2.45, 2.75) is 49.7 Å². The Hall–Kier alpha value is -0.380. The van der Waals surface area contributed by atoms with Crippen LogP contribution in [0.15, 0.2) is 0 Å². The van der Waals surface area contributed by atoms with Crippen LogP contribution >= 0.6 is 11.8 Å². The lowest BCUT2D eigenvalue weighted by atomic mass is 9.88. The highest BCUT2D eigenvalue weighted by Crippen LogP contribution is 2.37. The number of urea groups is 1. The maximum atomic E-state index is 12.0. The van der Waals surface area contributed by atoms with Crippen LogP contribution in [0, 0.1) is 0 Å². The first-order valence-electron chi connectivity index (χ1n) is 6.84. The van der Waals surface area contributed by atoms with Crippen molar-refractivity contribution >= 4 is 17.8 Å². The van der Waals surface area contributed by atoms with Gasteiger partial charge in [0.15, 0.2) is 0 Å². The first-order chi connectivity index (χ1) is 8.26. The van der Waals surface area contributed by atoms with Gasteiger partial charge in [-0.2, -0.15) is 11.8 Å². The second-order valence-corrected chi connectivity index (χ2v) is 6.57. The van der Waals surface area contributed by atoms with Gasteiger partial charge in [-0.1, -0.05) is 19.3 Å². The SMILES string of the molecule is CSC1(CNC(=O)N2CCCC2)CCCCC1. The lowest BCUT2D eigenvalue weighted by molar-refractivity contribution is 0.206. The van der Waals surface area contributed by atoms with E-state index in [1.165, 1.54) is 44.9 Å². The molecule has 2 aliphatic rings. The van der Waals surface area contributed by atoms with E-state index in [1.807, 2.05) is 16.7 Å². The van der Waals surface area contributed by atoms with Gasteiger partial charge in [-0.05, 0) is 31.9 Å². The van der Waals surface area contributed by atoms with E-state index < -0.39 is 0 Å². The molecule has 0 spiro atoms. The molecule has 98 valence electrons. The summed E-state index contributed by atoms with van der Waals surface area (Å²) in [4.78, 5) is 13.9. The Balaban J connectivity index is 1.80. The molecule has 2 fully saturated rings. The van der Waals surface area contributed by atoms with Crippen LogP contribution in [-0.4, -0.2) is 41.6 Å². The van der Waals surface area contributed by atoms with E-state index in [4.69, 9.17) is 0 Å². The molecule has 2 amide bonds. The summed E-state index contributed by atoms with van der Waals surface area (Å²) in [6.45, 7) is 2.74. The topological polar surface area (TPSA) is 32.3 Å². The third-order valence-electron chi connectivity index (χ3n) is 4.15. The summed E-state index contributed by atoms with van der Waals surface area (Å²) in [5, 5.41) is 3.15. The molecule has 1 N–H and O–H groups in total. The summed E-state index contributed by atoms with van der Waals surface area (Å²) in [5.41, 5.74) is 0. The molecular formula is C13H24N2OS. The van der Waals surface area contributed by atoms with Crippen LogP contribution in [0.25, 0.3) is 0 Å². The largest absolute Gasteiger partial charge is 0.337 e. The fourth-order valence-corrected chi connectivity index (χ4v) is 3.83. The van der Waals surface area contributed by atoms with Crippen molar-refractivity contribution in [3.8, 4) is 0 Å². The molecule has 1 heterocycles. The molecule has 1 aliphatic heterocycles. The number of carbonyl (C=O) groups is 1. The number of amides is 2. The average molecular weight is 256 g/mol. The van der Waals surface area contributed by atoms with Crippen molar-refractivity contribution in [2.24, 2.45) is 0 Å². The average Bonchev–Trinajstić information content (AvgIpc) is 2.91. The third-order valence-corrected chi connectivity index (χ3v) is 5.57. The van der Waals surface area contributed by atoms with Gasteiger partial charge < -0.3 is 10.2 Å². The van der Waals surface area contributed by atoms with Crippen LogP contribution in [-0.2, 0) is 0 Å². The van der Waals surface area contributed by atoms with Crippen LogP contribution in [0.1, 0.15) is 44.9 Å². The van der Waals surface area contributed by atoms with Gasteiger partial charge >= 0.3 is 6.03 Å². The molecule has 0 aromatic rings. The van der Waals surface area contributed by atoms with Gasteiger partial charge in [0.1, 0.15) is 0 Å². The van der Waals surface area contributed by atoms with Crippen molar-refractivity contribution < 1.29 is 4.79 Å². The zero-order valence-corrected chi connectivity index (χ0v) is 11.7. The minimum Gasteiger partial charge on any atom is -0.337 e. The molecule has 2 rings (SSSR count). The second-order valence-electron chi connectivity index (χ2n) is 5.30. The van der Waals surface area contributed by atoms with E-state index in [2.05, 4.69) is 11.6 Å². The Labute approximate surface area is 109 Å². The van der Waals surface area contributed by atoms with Gasteiger partial charge in [0.05, 0.1) is 0 Å². The summed E-state index contributed by atoms with van der Waals surface area (Å²) in [6, 6.07) is 0.154. The van der Waals surface area contributed by atoms with Crippen LogP contribution in [0.2, 0.25) is 0 Å². The van der Waals surface area contributed by atoms with Gasteiger partial charge in [0.2, 0.25) is 0 Å². The minimum atomic E-state index is 0.154. The quantitative estimate of drug-likeness (QED) is 0.842. The maximum absolute atomic E-state index is 12.0. The van der Waals surface area contributed by atoms with Gasteiger partial charge in [0, 0.05) is 24.4 Å². The lowest BCUT2D eigenvalue weighted by Crippen LogP contribution is -2.46. The molecule has 1 saturated heterocycles. The van der Waals surface area contributed by atoms with Crippen molar-refractivity contribution in [3.63, 3.8) is 0 Å². The van der Waals surface area contributed by atoms with Crippen LogP contribution in [0.5, 0.6) is 0 Å². The summed E-state index contributed by atoms with van der Waals surface area (Å²) in [5.74, 6) is 0. The van der Waals surface area contributed by atoms with E-state index in [0.29, 0.717) is 4.75 Å². The number of nitrogens with one attached hydrogen (secondary N) is 1. The molecule has 17 heavy (non-hydrogen) atoms. The molecule has 1 aliphatic carbocycles. The van der Waals surface area contributed by atoms with Crippen molar-refractivity contribution in [3.05, 3.63) is 0 Å². The smallest absolute Gasteiger partial charge is 0.317 e. The summed E-state index contributed by atoms with van der Waals surface area (Å²) in [6.07, 6.45) is 11.0. The van der Waals surface area contributed by atoms with Gasteiger partial charge in [0.25, 0.3) is 0 Å². The molecule has 1 saturated carbocycles. The van der Waals surface area contributed by atoms with E-state index >= 15 is 0 Å². The number of nitrogens with zero attached hydrogens (tertiary/aromatic N) is 1. The highest BCUT2D eigenvalue weighted by atomic mass is 32.2. The molecule has 0 radical (unpaired) electrons. The Kier molecular flexibility index (Phi) is 4.60. The number of hydrogen-bond donors (Lipinski definition) is 1. The van der Waals surface area contributed by atoms with E-state index in [9.17, 15) is 4.79 Å². The zero-order valence-electron chi connectivity index (χ0n) is 10.8. The van der Waals surface area contributed by atoms with Crippen LogP contribution < -0.4 is 5.32 Å². The highest BCUT2D eigenvalue weighted by molar-refractivity contribution is 8.00. The van der Waals surface area contributed by atoms with Crippen LogP contribution in [0.3, 0.4) is 0 Å². The molecule has 0 unspecified atom stereocenters. The Morgan fingerprint density at radius 1 is 1.18 bits per heavy atom. The van der Waals surface area contributed by atoms with Crippen molar-refractivity contribution in [1.29, 1.82) is 0 Å². The molecule has 0 aromatic heterocycles. The van der Waals surface area contributed by atoms with Gasteiger partial charge in [-0.25, -0.2) is 4.79 Å². The number of hydrogen-bond acceptors (Lipinski definition) is 2. The third kappa shape index (κ3) is 3.30. The Morgan fingerprint density at radius 2 is 1.82 bits per heavy atom. The molecule has 0 aromatic carbocycles. The number of rotatable bonds is 3. The molecule has 0 atom stereocenters. The molecule has 4 heteroatoms. The first kappa shape index (κ1) is 13.1. The highest BCUT2D eigenvalue weighted by Gasteiger charge is 2.32. The number of likely N-dealkylation sites (tertiary alicyclic amines) is 1. The zero-order chi connectivity index (χ0) is 12.1. The van der Waals surface area contributed by atoms with Crippen molar-refractivity contribution in [2.75, 3.05) is 25.9 Å². The van der Waals surface area contributed by atoms with Gasteiger partial charge in [-0.3, -0.25) is 0 Å². The maximum Gasteiger partial charge on any atom is 0.317 e. The van der Waals surface area contributed by atoms with E-state index in [-0.39, 0.29) is 6.03 Å². The Bertz CT molecular complexity index is 258. The normalized spacial score (nSPS) is 23.7. The molecule has 3 nitrogen and oxygen atoms in total. The Morgan fingerprint density at radius 3 is 2.41 bits per heavy atom. The fraction of sp³-hybridized carbons (Fsp3) is 0.923. The van der Waals surface area contributed by atoms with E-state index in [0.717, 1.165) is 19.6 Å². The first-order valence-corrected chi connectivity index (χ1v) is 8.06. The summed E-state index contributed by atoms with van der Waals surface area (Å²) >= 11 is 1.94. The summed E-state index contributed by atoms with van der Waals surface area (Å²) < 4.78 is 0.313. The minimum absolute atomic E-state index is 0.154. The lowest BCUT2D eigenvalue weighted by Gasteiger charge is -2.36. The number of carbonyl (C=O) groups excluding carboxylic acids is 1. The predicted molar refractivity (Wildman–Crippen MR) is 73.5 cm³/mol. The fourth-order valence-electron chi connectivity index (χ4n) is 2.92. The van der Waals surface area contributed by atoms with Crippen LogP contribution in [0.4, 0.5) is 4.79 Å². The summed E-state index contributed by atoms with van der Waals surface area (Å²) in [7, 11) is 0. The monoisotopic (exact) mass is 256 g/mol. The standard InChI is InChI=1S/C13H24N2OS/c1-17-13(7-3-2-4-8-13)11-14-12(16)15-9-5-6-10-15/h2-11H2,1H3,(H,14,16). The second kappa shape index (κ2) is 5.98. The number of thioether (sulfide) groups is 1. The van der Waals surface area contributed by atoms with Crippen molar-refractivity contribution in [1.82, 2.24) is 10.2 Å². The van der Waals surface area contributed by atoms with E-state index in [1.54, 1.807) is 0 Å². The van der Waals surface area contributed by atoms with Gasteiger partial charge in [-0.15, -0.1) is 0 Å². The molecular weight excluding hydrogens is 232 g/mol.